The molecule has 1 amide bonds. The predicted octanol–water partition coefficient (Wildman–Crippen LogP) is 2.68. The lowest BCUT2D eigenvalue weighted by atomic mass is 10.2. The standard InChI is InChI=1S/C13H10FNO4/c1-7-2-5-11(19-7)12(16)15-8-3-4-9(13(17)18)10(14)6-8/h2-6H,1H3,(H,15,16)(H,17,18). The van der Waals surface area contributed by atoms with Gasteiger partial charge in [0.15, 0.2) is 5.76 Å². The Kier molecular flexibility index (Phi) is 3.33. The number of carboxylic acid groups (broad SMARTS) is 1. The average Bonchev–Trinajstić information content (AvgIpc) is 2.75. The number of carboxylic acids is 1. The number of rotatable bonds is 3. The monoisotopic (exact) mass is 263 g/mol. The van der Waals surface area contributed by atoms with Crippen LogP contribution >= 0.6 is 0 Å². The van der Waals surface area contributed by atoms with Gasteiger partial charge in [0.25, 0.3) is 5.91 Å². The van der Waals surface area contributed by atoms with Crippen molar-refractivity contribution in [1.29, 1.82) is 0 Å². The van der Waals surface area contributed by atoms with Gasteiger partial charge < -0.3 is 14.8 Å². The lowest BCUT2D eigenvalue weighted by Gasteiger charge is -2.04. The van der Waals surface area contributed by atoms with E-state index in [9.17, 15) is 14.0 Å². The third-order valence-corrected chi connectivity index (χ3v) is 2.42. The number of carbonyl (C=O) groups excluding carboxylic acids is 1. The molecule has 0 bridgehead atoms. The maximum atomic E-state index is 13.4. The highest BCUT2D eigenvalue weighted by molar-refractivity contribution is 6.02. The molecule has 2 N–H and O–H groups in total. The van der Waals surface area contributed by atoms with Gasteiger partial charge in [-0.15, -0.1) is 0 Å². The molecule has 0 atom stereocenters. The number of aryl methyl sites for hydroxylation is 1. The molecule has 98 valence electrons. The van der Waals surface area contributed by atoms with Gasteiger partial charge in [0.2, 0.25) is 0 Å². The summed E-state index contributed by atoms with van der Waals surface area (Å²) in [7, 11) is 0. The number of anilines is 1. The van der Waals surface area contributed by atoms with Crippen LogP contribution in [0.3, 0.4) is 0 Å². The Bertz CT molecular complexity index is 648. The molecule has 2 aromatic rings. The SMILES string of the molecule is Cc1ccc(C(=O)Nc2ccc(C(=O)O)c(F)c2)o1. The summed E-state index contributed by atoms with van der Waals surface area (Å²) in [5.74, 6) is -2.13. The number of hydrogen-bond donors (Lipinski definition) is 2. The van der Waals surface area contributed by atoms with Crippen LogP contribution in [0.1, 0.15) is 26.7 Å². The summed E-state index contributed by atoms with van der Waals surface area (Å²) in [5, 5.41) is 11.1. The second kappa shape index (κ2) is 4.93. The summed E-state index contributed by atoms with van der Waals surface area (Å²) in [4.78, 5) is 22.4. The van der Waals surface area contributed by atoms with E-state index in [1.165, 1.54) is 12.1 Å². The topological polar surface area (TPSA) is 79.5 Å². The van der Waals surface area contributed by atoms with Crippen LogP contribution in [0.2, 0.25) is 0 Å². The van der Waals surface area contributed by atoms with Crippen LogP contribution in [-0.4, -0.2) is 17.0 Å². The van der Waals surface area contributed by atoms with E-state index in [4.69, 9.17) is 9.52 Å². The van der Waals surface area contributed by atoms with E-state index in [-0.39, 0.29) is 11.4 Å². The van der Waals surface area contributed by atoms with E-state index in [1.807, 2.05) is 0 Å². The minimum Gasteiger partial charge on any atom is -0.478 e. The molecular weight excluding hydrogens is 253 g/mol. The van der Waals surface area contributed by atoms with Crippen molar-refractivity contribution in [3.8, 4) is 0 Å². The Balaban J connectivity index is 2.18. The van der Waals surface area contributed by atoms with Crippen LogP contribution < -0.4 is 5.32 Å². The highest BCUT2D eigenvalue weighted by Gasteiger charge is 2.13. The first kappa shape index (κ1) is 12.8. The van der Waals surface area contributed by atoms with E-state index >= 15 is 0 Å². The fourth-order valence-corrected chi connectivity index (χ4v) is 1.52. The Morgan fingerprint density at radius 3 is 2.53 bits per heavy atom. The van der Waals surface area contributed by atoms with Gasteiger partial charge in [-0.05, 0) is 37.3 Å². The molecule has 0 spiro atoms. The van der Waals surface area contributed by atoms with Gasteiger partial charge in [-0.25, -0.2) is 9.18 Å². The summed E-state index contributed by atoms with van der Waals surface area (Å²) < 4.78 is 18.5. The summed E-state index contributed by atoms with van der Waals surface area (Å²) in [6, 6.07) is 6.45. The fraction of sp³-hybridized carbons (Fsp3) is 0.0769. The first-order valence-electron chi connectivity index (χ1n) is 5.38. The molecule has 1 aromatic heterocycles. The van der Waals surface area contributed by atoms with E-state index in [0.29, 0.717) is 5.76 Å². The zero-order chi connectivity index (χ0) is 14.0. The van der Waals surface area contributed by atoms with Crippen molar-refractivity contribution in [3.63, 3.8) is 0 Å². The van der Waals surface area contributed by atoms with Gasteiger partial charge in [0.1, 0.15) is 11.6 Å². The maximum absolute atomic E-state index is 13.4. The van der Waals surface area contributed by atoms with Crippen molar-refractivity contribution < 1.29 is 23.5 Å². The lowest BCUT2D eigenvalue weighted by Crippen LogP contribution is -2.11. The van der Waals surface area contributed by atoms with Crippen LogP contribution in [0.5, 0.6) is 0 Å². The fourth-order valence-electron chi connectivity index (χ4n) is 1.52. The molecule has 19 heavy (non-hydrogen) atoms. The van der Waals surface area contributed by atoms with E-state index in [1.54, 1.807) is 13.0 Å². The zero-order valence-electron chi connectivity index (χ0n) is 9.94. The molecule has 5 nitrogen and oxygen atoms in total. The number of carbonyl (C=O) groups is 2. The maximum Gasteiger partial charge on any atom is 0.338 e. The third kappa shape index (κ3) is 2.79. The largest absolute Gasteiger partial charge is 0.478 e. The van der Waals surface area contributed by atoms with Crippen molar-refractivity contribution in [2.24, 2.45) is 0 Å². The molecule has 0 saturated carbocycles. The van der Waals surface area contributed by atoms with Gasteiger partial charge in [-0.3, -0.25) is 4.79 Å². The van der Waals surface area contributed by atoms with Crippen LogP contribution in [0.15, 0.2) is 34.7 Å². The zero-order valence-corrected chi connectivity index (χ0v) is 9.94. The Morgan fingerprint density at radius 2 is 2.00 bits per heavy atom. The van der Waals surface area contributed by atoms with Crippen molar-refractivity contribution in [3.05, 3.63) is 53.2 Å². The highest BCUT2D eigenvalue weighted by Crippen LogP contribution is 2.16. The van der Waals surface area contributed by atoms with E-state index in [0.717, 1.165) is 12.1 Å². The molecule has 0 fully saturated rings. The van der Waals surface area contributed by atoms with Gasteiger partial charge in [0.05, 0.1) is 5.56 Å². The lowest BCUT2D eigenvalue weighted by molar-refractivity contribution is 0.0692. The Morgan fingerprint density at radius 1 is 1.26 bits per heavy atom. The molecule has 6 heteroatoms. The molecule has 1 heterocycles. The number of halogens is 1. The van der Waals surface area contributed by atoms with Gasteiger partial charge >= 0.3 is 5.97 Å². The number of furan rings is 1. The quantitative estimate of drug-likeness (QED) is 0.892. The third-order valence-electron chi connectivity index (χ3n) is 2.42. The molecule has 0 radical (unpaired) electrons. The van der Waals surface area contributed by atoms with Gasteiger partial charge in [-0.2, -0.15) is 0 Å². The van der Waals surface area contributed by atoms with Crippen molar-refractivity contribution in [2.75, 3.05) is 5.32 Å². The molecule has 0 aliphatic rings. The Hall–Kier alpha value is -2.63. The summed E-state index contributed by atoms with van der Waals surface area (Å²) in [6.07, 6.45) is 0. The van der Waals surface area contributed by atoms with E-state index < -0.39 is 23.3 Å². The Labute approximate surface area is 107 Å². The van der Waals surface area contributed by atoms with Crippen molar-refractivity contribution in [1.82, 2.24) is 0 Å². The van der Waals surface area contributed by atoms with Crippen molar-refractivity contribution in [2.45, 2.75) is 6.92 Å². The van der Waals surface area contributed by atoms with E-state index in [2.05, 4.69) is 5.32 Å². The first-order chi connectivity index (χ1) is 8.97. The molecular formula is C13H10FNO4. The van der Waals surface area contributed by atoms with Crippen molar-refractivity contribution >= 4 is 17.6 Å². The number of aromatic carboxylic acids is 1. The van der Waals surface area contributed by atoms with Crippen LogP contribution in [0, 0.1) is 12.7 Å². The number of benzene rings is 1. The summed E-state index contributed by atoms with van der Waals surface area (Å²) in [5.41, 5.74) is -0.298. The van der Waals surface area contributed by atoms with Gasteiger partial charge in [-0.1, -0.05) is 0 Å². The smallest absolute Gasteiger partial charge is 0.338 e. The minimum absolute atomic E-state index is 0.0974. The predicted molar refractivity (Wildman–Crippen MR) is 64.8 cm³/mol. The molecule has 0 unspecified atom stereocenters. The first-order valence-corrected chi connectivity index (χ1v) is 5.38. The minimum atomic E-state index is -1.36. The highest BCUT2D eigenvalue weighted by atomic mass is 19.1. The summed E-state index contributed by atoms with van der Waals surface area (Å²) >= 11 is 0. The molecule has 0 aliphatic heterocycles. The normalized spacial score (nSPS) is 10.2. The number of hydrogen-bond acceptors (Lipinski definition) is 3. The number of nitrogens with one attached hydrogen (secondary N) is 1. The molecule has 0 aliphatic carbocycles. The second-order valence-electron chi connectivity index (χ2n) is 3.86. The van der Waals surface area contributed by atoms with Gasteiger partial charge in [0, 0.05) is 5.69 Å². The molecule has 0 saturated heterocycles. The second-order valence-corrected chi connectivity index (χ2v) is 3.86. The molecule has 1 aromatic carbocycles. The summed E-state index contributed by atoms with van der Waals surface area (Å²) in [6.45, 7) is 1.69. The van der Waals surface area contributed by atoms with Crippen LogP contribution in [0.25, 0.3) is 0 Å². The average molecular weight is 263 g/mol. The molecule has 2 rings (SSSR count). The van der Waals surface area contributed by atoms with Crippen LogP contribution in [0.4, 0.5) is 10.1 Å². The number of amides is 1. The van der Waals surface area contributed by atoms with Crippen LogP contribution in [-0.2, 0) is 0 Å².